The van der Waals surface area contributed by atoms with Gasteiger partial charge in [0.15, 0.2) is 0 Å². The number of hydrogen-bond donors (Lipinski definition) is 1. The molecule has 1 aliphatic rings. The molecule has 0 bridgehead atoms. The summed E-state index contributed by atoms with van der Waals surface area (Å²) in [6.07, 6.45) is 0.0545. The number of aromatic nitrogens is 1. The maximum Gasteiger partial charge on any atom is 0.410 e. The van der Waals surface area contributed by atoms with Gasteiger partial charge in [0.25, 0.3) is 0 Å². The van der Waals surface area contributed by atoms with Gasteiger partial charge >= 0.3 is 6.09 Å². The summed E-state index contributed by atoms with van der Waals surface area (Å²) in [5.41, 5.74) is -1.08. The summed E-state index contributed by atoms with van der Waals surface area (Å²) in [7, 11) is 0. The number of carbonyl (C=O) groups excluding carboxylic acids is 1. The fourth-order valence-electron chi connectivity index (χ4n) is 2.15. The van der Waals surface area contributed by atoms with Crippen LogP contribution in [0.2, 0.25) is 0 Å². The van der Waals surface area contributed by atoms with Crippen molar-refractivity contribution in [1.82, 2.24) is 9.88 Å². The summed E-state index contributed by atoms with van der Waals surface area (Å²) in [4.78, 5) is 17.8. The Hall–Kier alpha value is -1.14. The number of nitrogens with zero attached hydrogens (tertiary/aromatic N) is 2. The van der Waals surface area contributed by atoms with E-state index < -0.39 is 17.3 Å². The number of carbonyl (C=O) groups is 1. The summed E-state index contributed by atoms with van der Waals surface area (Å²) in [5, 5.41) is 10.7. The Bertz CT molecular complexity index is 515. The maximum absolute atomic E-state index is 12.0. The summed E-state index contributed by atoms with van der Waals surface area (Å²) in [6.45, 7) is 6.13. The first-order valence-electron chi connectivity index (χ1n) is 6.53. The fourth-order valence-corrected chi connectivity index (χ4v) is 2.50. The molecule has 1 aromatic heterocycles. The molecule has 1 fully saturated rings. The molecule has 6 heteroatoms. The van der Waals surface area contributed by atoms with Crippen molar-refractivity contribution in [2.45, 2.75) is 38.4 Å². The van der Waals surface area contributed by atoms with Crippen LogP contribution >= 0.6 is 15.9 Å². The Labute approximate surface area is 127 Å². The van der Waals surface area contributed by atoms with E-state index in [0.29, 0.717) is 23.3 Å². The SMILES string of the molecule is CC(C)(C)OC(=O)N1CCC(O)(c2cccc(Br)n2)C1. The number of pyridine rings is 1. The third kappa shape index (κ3) is 3.49. The molecule has 0 saturated carbocycles. The monoisotopic (exact) mass is 342 g/mol. The molecular formula is C14H19BrN2O3. The lowest BCUT2D eigenvalue weighted by molar-refractivity contribution is 0.0126. The zero-order valence-corrected chi connectivity index (χ0v) is 13.5. The molecular weight excluding hydrogens is 324 g/mol. The van der Waals surface area contributed by atoms with E-state index in [9.17, 15) is 9.90 Å². The number of β-amino-alcohol motifs (C(OH)–C–C–N with tert-alkyl or cyclic N) is 1. The molecule has 1 aliphatic heterocycles. The van der Waals surface area contributed by atoms with Gasteiger partial charge in [-0.05, 0) is 48.8 Å². The number of likely N-dealkylation sites (tertiary alicyclic amines) is 1. The van der Waals surface area contributed by atoms with E-state index in [1.807, 2.05) is 26.8 Å². The first-order chi connectivity index (χ1) is 9.20. The largest absolute Gasteiger partial charge is 0.444 e. The molecule has 2 heterocycles. The van der Waals surface area contributed by atoms with E-state index in [2.05, 4.69) is 20.9 Å². The highest BCUT2D eigenvalue weighted by Gasteiger charge is 2.42. The van der Waals surface area contributed by atoms with E-state index in [1.54, 1.807) is 12.1 Å². The van der Waals surface area contributed by atoms with Crippen LogP contribution in [0.1, 0.15) is 32.9 Å². The molecule has 110 valence electrons. The van der Waals surface area contributed by atoms with Gasteiger partial charge in [-0.3, -0.25) is 0 Å². The second kappa shape index (κ2) is 5.33. The summed E-state index contributed by atoms with van der Waals surface area (Å²) in [6, 6.07) is 5.39. The van der Waals surface area contributed by atoms with Crippen LogP contribution in [0.25, 0.3) is 0 Å². The number of rotatable bonds is 1. The number of halogens is 1. The van der Waals surface area contributed by atoms with Crippen LogP contribution in [0, 0.1) is 0 Å². The summed E-state index contributed by atoms with van der Waals surface area (Å²) >= 11 is 3.29. The highest BCUT2D eigenvalue weighted by atomic mass is 79.9. The quantitative estimate of drug-likeness (QED) is 0.797. The predicted molar refractivity (Wildman–Crippen MR) is 78.3 cm³/mol. The first kappa shape index (κ1) is 15.3. The minimum absolute atomic E-state index is 0.200. The van der Waals surface area contributed by atoms with Gasteiger partial charge in [-0.15, -0.1) is 0 Å². The minimum atomic E-state index is -1.11. The minimum Gasteiger partial charge on any atom is -0.444 e. The molecule has 0 radical (unpaired) electrons. The van der Waals surface area contributed by atoms with Gasteiger partial charge in [0.05, 0.1) is 12.2 Å². The Morgan fingerprint density at radius 1 is 1.50 bits per heavy atom. The van der Waals surface area contributed by atoms with Gasteiger partial charge in [-0.2, -0.15) is 0 Å². The molecule has 5 nitrogen and oxygen atoms in total. The van der Waals surface area contributed by atoms with Crippen molar-refractivity contribution in [3.05, 3.63) is 28.5 Å². The van der Waals surface area contributed by atoms with Crippen LogP contribution in [-0.2, 0) is 10.3 Å². The van der Waals surface area contributed by atoms with Crippen molar-refractivity contribution in [3.8, 4) is 0 Å². The van der Waals surface area contributed by atoms with Crippen molar-refractivity contribution in [2.24, 2.45) is 0 Å². The topological polar surface area (TPSA) is 62.7 Å². The van der Waals surface area contributed by atoms with Gasteiger partial charge in [-0.25, -0.2) is 9.78 Å². The van der Waals surface area contributed by atoms with Crippen LogP contribution < -0.4 is 0 Å². The van der Waals surface area contributed by atoms with Crippen LogP contribution in [-0.4, -0.2) is 39.8 Å². The fraction of sp³-hybridized carbons (Fsp3) is 0.571. The molecule has 1 unspecified atom stereocenters. The van der Waals surface area contributed by atoms with Crippen LogP contribution in [0.4, 0.5) is 4.79 Å². The molecule has 1 saturated heterocycles. The standard InChI is InChI=1S/C14H19BrN2O3/c1-13(2,3)20-12(18)17-8-7-14(19,9-17)10-5-4-6-11(15)16-10/h4-6,19H,7-9H2,1-3H3. The number of aliphatic hydroxyl groups is 1. The van der Waals surface area contributed by atoms with Gasteiger partial charge < -0.3 is 14.7 Å². The Morgan fingerprint density at radius 3 is 2.80 bits per heavy atom. The summed E-state index contributed by atoms with van der Waals surface area (Å²) in [5.74, 6) is 0. The van der Waals surface area contributed by atoms with Crippen molar-refractivity contribution < 1.29 is 14.6 Å². The average molecular weight is 343 g/mol. The molecule has 0 spiro atoms. The lowest BCUT2D eigenvalue weighted by atomic mass is 9.98. The van der Waals surface area contributed by atoms with Crippen molar-refractivity contribution >= 4 is 22.0 Å². The van der Waals surface area contributed by atoms with E-state index >= 15 is 0 Å². The molecule has 20 heavy (non-hydrogen) atoms. The van der Waals surface area contributed by atoms with E-state index in [4.69, 9.17) is 4.74 Å². The third-order valence-corrected chi connectivity index (χ3v) is 3.53. The van der Waals surface area contributed by atoms with Gasteiger partial charge in [-0.1, -0.05) is 6.07 Å². The van der Waals surface area contributed by atoms with Crippen LogP contribution in [0.15, 0.2) is 22.8 Å². The lowest BCUT2D eigenvalue weighted by Crippen LogP contribution is -2.38. The van der Waals surface area contributed by atoms with E-state index in [-0.39, 0.29) is 6.54 Å². The average Bonchev–Trinajstić information content (AvgIpc) is 2.71. The summed E-state index contributed by atoms with van der Waals surface area (Å²) < 4.78 is 5.99. The molecule has 1 amide bonds. The molecule has 1 N–H and O–H groups in total. The normalized spacial score (nSPS) is 22.9. The Kier molecular flexibility index (Phi) is 4.07. The zero-order valence-electron chi connectivity index (χ0n) is 11.9. The highest BCUT2D eigenvalue weighted by Crippen LogP contribution is 2.32. The maximum atomic E-state index is 12.0. The van der Waals surface area contributed by atoms with E-state index in [1.165, 1.54) is 4.90 Å². The zero-order chi connectivity index (χ0) is 15.0. The lowest BCUT2D eigenvalue weighted by Gasteiger charge is -2.26. The first-order valence-corrected chi connectivity index (χ1v) is 7.32. The van der Waals surface area contributed by atoms with Crippen molar-refractivity contribution in [2.75, 3.05) is 13.1 Å². The number of amides is 1. The molecule has 0 aliphatic carbocycles. The van der Waals surface area contributed by atoms with Gasteiger partial charge in [0.1, 0.15) is 15.8 Å². The number of hydrogen-bond acceptors (Lipinski definition) is 4. The van der Waals surface area contributed by atoms with Crippen molar-refractivity contribution in [3.63, 3.8) is 0 Å². The van der Waals surface area contributed by atoms with Gasteiger partial charge in [0, 0.05) is 13.0 Å². The Balaban J connectivity index is 2.10. The highest BCUT2D eigenvalue weighted by molar-refractivity contribution is 9.10. The van der Waals surface area contributed by atoms with Crippen LogP contribution in [0.3, 0.4) is 0 Å². The number of ether oxygens (including phenoxy) is 1. The Morgan fingerprint density at radius 2 is 2.20 bits per heavy atom. The molecule has 2 rings (SSSR count). The van der Waals surface area contributed by atoms with Crippen LogP contribution in [0.5, 0.6) is 0 Å². The smallest absolute Gasteiger partial charge is 0.410 e. The second-order valence-electron chi connectivity index (χ2n) is 6.03. The predicted octanol–water partition coefficient (Wildman–Crippen LogP) is 2.67. The van der Waals surface area contributed by atoms with E-state index in [0.717, 1.165) is 0 Å². The third-order valence-electron chi connectivity index (χ3n) is 3.09. The van der Waals surface area contributed by atoms with Gasteiger partial charge in [0.2, 0.25) is 0 Å². The second-order valence-corrected chi connectivity index (χ2v) is 6.84. The molecule has 1 atom stereocenters. The molecule has 0 aromatic carbocycles. The van der Waals surface area contributed by atoms with Crippen molar-refractivity contribution in [1.29, 1.82) is 0 Å². The molecule has 1 aromatic rings.